The Bertz CT molecular complexity index is 1490. The predicted molar refractivity (Wildman–Crippen MR) is 168 cm³/mol. The molecule has 0 aliphatic carbocycles. The second-order valence-electron chi connectivity index (χ2n) is 9.94. The lowest BCUT2D eigenvalue weighted by Gasteiger charge is -2.34. The minimum Gasteiger partial charge on any atom is -0.495 e. The van der Waals surface area contributed by atoms with Crippen LogP contribution < -0.4 is 14.4 Å². The summed E-state index contributed by atoms with van der Waals surface area (Å²) in [7, 11) is -2.82. The van der Waals surface area contributed by atoms with Crippen LogP contribution in [-0.4, -0.2) is 51.4 Å². The van der Waals surface area contributed by atoms with Crippen LogP contribution in [0.3, 0.4) is 0 Å². The van der Waals surface area contributed by atoms with Crippen molar-refractivity contribution in [2.45, 2.75) is 58.0 Å². The maximum atomic E-state index is 14.3. The van der Waals surface area contributed by atoms with Gasteiger partial charge >= 0.3 is 0 Å². The van der Waals surface area contributed by atoms with E-state index in [0.717, 1.165) is 15.4 Å². The average molecular weight is 635 g/mol. The number of benzene rings is 3. The number of carbonyl (C=O) groups excluding carboxylic acids is 2. The number of hydrogen-bond donors (Lipinski definition) is 1. The molecular formula is C31H37Cl2N3O5S. The minimum absolute atomic E-state index is 0.0119. The Morgan fingerprint density at radius 2 is 1.57 bits per heavy atom. The van der Waals surface area contributed by atoms with Crippen molar-refractivity contribution in [3.63, 3.8) is 0 Å². The maximum absolute atomic E-state index is 14.3. The molecule has 42 heavy (non-hydrogen) atoms. The van der Waals surface area contributed by atoms with Gasteiger partial charge in [0.2, 0.25) is 11.8 Å². The Morgan fingerprint density at radius 1 is 0.952 bits per heavy atom. The van der Waals surface area contributed by atoms with Gasteiger partial charge in [0.1, 0.15) is 18.3 Å². The molecule has 8 nitrogen and oxygen atoms in total. The van der Waals surface area contributed by atoms with Gasteiger partial charge in [-0.1, -0.05) is 66.9 Å². The zero-order chi connectivity index (χ0) is 31.0. The summed E-state index contributed by atoms with van der Waals surface area (Å²) in [6.07, 6.45) is 0.990. The minimum atomic E-state index is -4.25. The maximum Gasteiger partial charge on any atom is 0.264 e. The van der Waals surface area contributed by atoms with E-state index in [1.807, 2.05) is 20.8 Å². The number of nitrogens with zero attached hydrogens (tertiary/aromatic N) is 2. The number of methoxy groups -OCH3 is 1. The van der Waals surface area contributed by atoms with E-state index in [2.05, 4.69) is 5.32 Å². The van der Waals surface area contributed by atoms with Gasteiger partial charge in [0.15, 0.2) is 0 Å². The summed E-state index contributed by atoms with van der Waals surface area (Å²) in [5, 5.41) is 3.51. The third kappa shape index (κ3) is 7.76. The zero-order valence-electron chi connectivity index (χ0n) is 24.5. The number of anilines is 1. The molecule has 2 amide bonds. The van der Waals surface area contributed by atoms with Crippen LogP contribution in [0, 0.1) is 13.8 Å². The molecule has 0 bridgehead atoms. The number of hydrogen-bond acceptors (Lipinski definition) is 5. The van der Waals surface area contributed by atoms with Gasteiger partial charge in [0.05, 0.1) is 17.7 Å². The summed E-state index contributed by atoms with van der Waals surface area (Å²) in [5.41, 5.74) is 2.31. The summed E-state index contributed by atoms with van der Waals surface area (Å²) in [4.78, 5) is 28.9. The van der Waals surface area contributed by atoms with Crippen molar-refractivity contribution in [2.24, 2.45) is 0 Å². The summed E-state index contributed by atoms with van der Waals surface area (Å²) in [5.74, 6) is -0.682. The van der Waals surface area contributed by atoms with E-state index in [0.29, 0.717) is 28.6 Å². The van der Waals surface area contributed by atoms with Gasteiger partial charge in [-0.05, 0) is 68.7 Å². The first-order chi connectivity index (χ1) is 19.9. The standard InChI is InChI=1S/C31H37Cl2N3O5S/c1-6-17-34-31(38)27(7-2)35(19-24-25(32)9-8-10-26(24)33)30(37)20-36(28-18-22(4)13-16-29(28)41-5)42(39,40)23-14-11-21(3)12-15-23/h8-16,18,27H,6-7,17,19-20H2,1-5H3,(H,34,38)/t27-/m0/s1. The van der Waals surface area contributed by atoms with Crippen LogP contribution in [0.25, 0.3) is 0 Å². The first kappa shape index (κ1) is 33.2. The Kier molecular flexibility index (Phi) is 11.7. The number of halogens is 2. The van der Waals surface area contributed by atoms with E-state index >= 15 is 0 Å². The molecule has 0 aromatic heterocycles. The second-order valence-corrected chi connectivity index (χ2v) is 12.6. The smallest absolute Gasteiger partial charge is 0.264 e. The van der Waals surface area contributed by atoms with Crippen molar-refractivity contribution < 1.29 is 22.7 Å². The lowest BCUT2D eigenvalue weighted by molar-refractivity contribution is -0.140. The molecule has 1 N–H and O–H groups in total. The summed E-state index contributed by atoms with van der Waals surface area (Å²) in [6.45, 7) is 7.12. The topological polar surface area (TPSA) is 96.0 Å². The Labute approximate surface area is 258 Å². The number of aryl methyl sites for hydroxylation is 2. The van der Waals surface area contributed by atoms with Crippen molar-refractivity contribution in [2.75, 3.05) is 24.5 Å². The van der Waals surface area contributed by atoms with Crippen molar-refractivity contribution in [3.8, 4) is 5.75 Å². The monoisotopic (exact) mass is 633 g/mol. The lowest BCUT2D eigenvalue weighted by Crippen LogP contribution is -2.52. The van der Waals surface area contributed by atoms with E-state index in [9.17, 15) is 18.0 Å². The van der Waals surface area contributed by atoms with E-state index in [1.165, 1.54) is 24.1 Å². The fourth-order valence-corrected chi connectivity index (χ4v) is 6.42. The number of sulfonamides is 1. The second kappa shape index (κ2) is 14.8. The SMILES string of the molecule is CCCNC(=O)[C@H](CC)N(Cc1c(Cl)cccc1Cl)C(=O)CN(c1cc(C)ccc1OC)S(=O)(=O)c1ccc(C)cc1. The molecule has 0 aliphatic rings. The van der Waals surface area contributed by atoms with E-state index in [1.54, 1.807) is 55.5 Å². The van der Waals surface area contributed by atoms with Gasteiger partial charge in [-0.3, -0.25) is 13.9 Å². The zero-order valence-corrected chi connectivity index (χ0v) is 26.8. The largest absolute Gasteiger partial charge is 0.495 e. The molecule has 3 aromatic carbocycles. The average Bonchev–Trinajstić information content (AvgIpc) is 2.96. The van der Waals surface area contributed by atoms with Gasteiger partial charge in [0.25, 0.3) is 10.0 Å². The quantitative estimate of drug-likeness (QED) is 0.244. The number of carbonyl (C=O) groups is 2. The van der Waals surface area contributed by atoms with Gasteiger partial charge in [0, 0.05) is 28.7 Å². The van der Waals surface area contributed by atoms with Crippen LogP contribution >= 0.6 is 23.2 Å². The number of nitrogens with one attached hydrogen (secondary N) is 1. The molecule has 0 aliphatic heterocycles. The third-order valence-corrected chi connectivity index (χ3v) is 9.30. The van der Waals surface area contributed by atoms with Gasteiger partial charge in [-0.15, -0.1) is 0 Å². The first-order valence-electron chi connectivity index (χ1n) is 13.7. The van der Waals surface area contributed by atoms with Crippen molar-refractivity contribution in [1.82, 2.24) is 10.2 Å². The fourth-order valence-electron chi connectivity index (χ4n) is 4.48. The number of amides is 2. The highest BCUT2D eigenvalue weighted by atomic mass is 35.5. The molecule has 0 radical (unpaired) electrons. The molecule has 1 atom stereocenters. The van der Waals surface area contributed by atoms with Crippen LogP contribution in [0.2, 0.25) is 10.0 Å². The molecule has 3 rings (SSSR count). The van der Waals surface area contributed by atoms with E-state index < -0.39 is 28.5 Å². The Morgan fingerprint density at radius 3 is 2.14 bits per heavy atom. The highest BCUT2D eigenvalue weighted by Gasteiger charge is 2.35. The summed E-state index contributed by atoms with van der Waals surface area (Å²) >= 11 is 12.9. The molecule has 11 heteroatoms. The van der Waals surface area contributed by atoms with Crippen LogP contribution in [0.15, 0.2) is 65.6 Å². The highest BCUT2D eigenvalue weighted by Crippen LogP contribution is 2.34. The Hall–Kier alpha value is -3.27. The van der Waals surface area contributed by atoms with Crippen LogP contribution in [0.1, 0.15) is 43.4 Å². The van der Waals surface area contributed by atoms with E-state index in [-0.39, 0.29) is 35.2 Å². The van der Waals surface area contributed by atoms with Crippen molar-refractivity contribution in [1.29, 1.82) is 0 Å². The van der Waals surface area contributed by atoms with Crippen LogP contribution in [0.5, 0.6) is 5.75 Å². The highest BCUT2D eigenvalue weighted by molar-refractivity contribution is 7.92. The molecule has 3 aromatic rings. The summed E-state index contributed by atoms with van der Waals surface area (Å²) < 4.78 is 34.8. The van der Waals surface area contributed by atoms with Gasteiger partial charge in [-0.25, -0.2) is 8.42 Å². The van der Waals surface area contributed by atoms with E-state index in [4.69, 9.17) is 27.9 Å². The molecule has 0 unspecified atom stereocenters. The van der Waals surface area contributed by atoms with Crippen molar-refractivity contribution >= 4 is 50.7 Å². The first-order valence-corrected chi connectivity index (χ1v) is 15.9. The van der Waals surface area contributed by atoms with Gasteiger partial charge in [-0.2, -0.15) is 0 Å². The number of rotatable bonds is 13. The Balaban J connectivity index is 2.16. The molecule has 0 saturated carbocycles. The van der Waals surface area contributed by atoms with Crippen LogP contribution in [0.4, 0.5) is 5.69 Å². The summed E-state index contributed by atoms with van der Waals surface area (Å²) in [6, 6.07) is 15.6. The van der Waals surface area contributed by atoms with Crippen molar-refractivity contribution in [3.05, 3.63) is 87.4 Å². The normalized spacial score (nSPS) is 12.0. The number of ether oxygens (including phenoxy) is 1. The third-order valence-electron chi connectivity index (χ3n) is 6.82. The van der Waals surface area contributed by atoms with Crippen LogP contribution in [-0.2, 0) is 26.2 Å². The predicted octanol–water partition coefficient (Wildman–Crippen LogP) is 6.15. The molecule has 0 saturated heterocycles. The molecular weight excluding hydrogens is 597 g/mol. The molecule has 0 heterocycles. The lowest BCUT2D eigenvalue weighted by atomic mass is 10.1. The molecule has 0 fully saturated rings. The molecule has 226 valence electrons. The van der Waals surface area contributed by atoms with Gasteiger partial charge < -0.3 is 15.0 Å². The fraction of sp³-hybridized carbons (Fsp3) is 0.355. The molecule has 0 spiro atoms.